The van der Waals surface area contributed by atoms with Crippen LogP contribution in [0.3, 0.4) is 0 Å². The summed E-state index contributed by atoms with van der Waals surface area (Å²) in [5.41, 5.74) is -0.687. The fourth-order valence-electron chi connectivity index (χ4n) is 1.54. The Morgan fingerprint density at radius 3 is 2.10 bits per heavy atom. The molecule has 1 N–H and O–H groups in total. The zero-order valence-corrected chi connectivity index (χ0v) is 9.97. The average molecular weight is 278 g/mol. The Hall–Kier alpha value is -2.83. The van der Waals surface area contributed by atoms with Gasteiger partial charge in [0.15, 0.2) is 0 Å². The van der Waals surface area contributed by atoms with Crippen LogP contribution < -0.4 is 5.32 Å². The number of rotatable bonds is 3. The van der Waals surface area contributed by atoms with Gasteiger partial charge < -0.3 is 5.32 Å². The second kappa shape index (κ2) is 5.43. The van der Waals surface area contributed by atoms with E-state index in [1.807, 2.05) is 0 Å². The molecule has 0 atom stereocenters. The van der Waals surface area contributed by atoms with Gasteiger partial charge in [-0.25, -0.2) is 8.78 Å². The van der Waals surface area contributed by atoms with Gasteiger partial charge in [0.05, 0.1) is 4.92 Å². The van der Waals surface area contributed by atoms with Crippen LogP contribution in [0.1, 0.15) is 10.4 Å². The van der Waals surface area contributed by atoms with Gasteiger partial charge in [0.2, 0.25) is 0 Å². The number of nitro groups is 1. The number of anilines is 1. The van der Waals surface area contributed by atoms with Crippen molar-refractivity contribution in [1.82, 2.24) is 0 Å². The van der Waals surface area contributed by atoms with Crippen molar-refractivity contribution >= 4 is 17.3 Å². The van der Waals surface area contributed by atoms with Gasteiger partial charge in [-0.3, -0.25) is 14.9 Å². The molecule has 0 saturated heterocycles. The molecule has 0 aliphatic heterocycles. The van der Waals surface area contributed by atoms with Gasteiger partial charge in [-0.05, 0) is 24.3 Å². The predicted octanol–water partition coefficient (Wildman–Crippen LogP) is 3.13. The van der Waals surface area contributed by atoms with Crippen LogP contribution in [-0.4, -0.2) is 10.8 Å². The van der Waals surface area contributed by atoms with Crippen LogP contribution >= 0.6 is 0 Å². The normalized spacial score (nSPS) is 10.1. The Morgan fingerprint density at radius 1 is 1.05 bits per heavy atom. The van der Waals surface area contributed by atoms with E-state index in [1.54, 1.807) is 0 Å². The fourth-order valence-corrected chi connectivity index (χ4v) is 1.54. The molecular formula is C13H8F2N2O3. The number of non-ortho nitro benzene ring substituents is 1. The zero-order chi connectivity index (χ0) is 14.7. The molecule has 0 radical (unpaired) electrons. The third-order valence-electron chi connectivity index (χ3n) is 2.54. The van der Waals surface area contributed by atoms with Crippen molar-refractivity contribution in [1.29, 1.82) is 0 Å². The first-order chi connectivity index (χ1) is 9.49. The smallest absolute Gasteiger partial charge is 0.269 e. The average Bonchev–Trinajstić information content (AvgIpc) is 2.43. The number of carbonyl (C=O) groups excluding carboxylic acids is 1. The Morgan fingerprint density at radius 2 is 1.60 bits per heavy atom. The van der Waals surface area contributed by atoms with Gasteiger partial charge in [-0.1, -0.05) is 6.07 Å². The van der Waals surface area contributed by atoms with E-state index < -0.39 is 28.2 Å². The number of amides is 1. The Bertz CT molecular complexity index is 652. The number of halogens is 2. The monoisotopic (exact) mass is 278 g/mol. The standard InChI is InChI=1S/C13H8F2N2O3/c14-10-2-1-3-11(15)12(10)16-13(18)8-4-6-9(7-5-8)17(19)20/h1-7H,(H,16,18). The highest BCUT2D eigenvalue weighted by Crippen LogP contribution is 2.19. The number of hydrogen-bond acceptors (Lipinski definition) is 3. The number of para-hydroxylation sites is 1. The summed E-state index contributed by atoms with van der Waals surface area (Å²) in [4.78, 5) is 21.6. The van der Waals surface area contributed by atoms with Gasteiger partial charge in [0.25, 0.3) is 11.6 Å². The number of hydrogen-bond donors (Lipinski definition) is 1. The van der Waals surface area contributed by atoms with E-state index in [-0.39, 0.29) is 11.3 Å². The second-order valence-electron chi connectivity index (χ2n) is 3.85. The van der Waals surface area contributed by atoms with Crippen molar-refractivity contribution in [3.8, 4) is 0 Å². The summed E-state index contributed by atoms with van der Waals surface area (Å²) in [5, 5.41) is 12.6. The van der Waals surface area contributed by atoms with Crippen LogP contribution in [0, 0.1) is 21.7 Å². The molecule has 2 aromatic carbocycles. The fraction of sp³-hybridized carbons (Fsp3) is 0. The lowest BCUT2D eigenvalue weighted by Crippen LogP contribution is -2.14. The van der Waals surface area contributed by atoms with Gasteiger partial charge in [0.1, 0.15) is 17.3 Å². The lowest BCUT2D eigenvalue weighted by molar-refractivity contribution is -0.384. The summed E-state index contributed by atoms with van der Waals surface area (Å²) in [5.74, 6) is -2.57. The Labute approximate surface area is 112 Å². The van der Waals surface area contributed by atoms with Crippen LogP contribution in [-0.2, 0) is 0 Å². The molecule has 102 valence electrons. The van der Waals surface area contributed by atoms with E-state index in [9.17, 15) is 23.7 Å². The maximum absolute atomic E-state index is 13.4. The molecule has 20 heavy (non-hydrogen) atoms. The molecule has 2 aromatic rings. The third kappa shape index (κ3) is 2.77. The van der Waals surface area contributed by atoms with E-state index in [0.29, 0.717) is 0 Å². The quantitative estimate of drug-likeness (QED) is 0.692. The molecule has 0 aliphatic rings. The van der Waals surface area contributed by atoms with E-state index in [2.05, 4.69) is 5.32 Å². The first kappa shape index (κ1) is 13.6. The Kier molecular flexibility index (Phi) is 3.69. The largest absolute Gasteiger partial charge is 0.317 e. The van der Waals surface area contributed by atoms with Crippen molar-refractivity contribution in [2.75, 3.05) is 5.32 Å². The van der Waals surface area contributed by atoms with Gasteiger partial charge in [-0.2, -0.15) is 0 Å². The number of nitrogens with zero attached hydrogens (tertiary/aromatic N) is 1. The molecule has 0 fully saturated rings. The first-order valence-electron chi connectivity index (χ1n) is 5.49. The minimum absolute atomic E-state index is 0.0539. The molecule has 0 unspecified atom stereocenters. The molecular weight excluding hydrogens is 270 g/mol. The highest BCUT2D eigenvalue weighted by atomic mass is 19.1. The molecule has 0 spiro atoms. The second-order valence-corrected chi connectivity index (χ2v) is 3.85. The van der Waals surface area contributed by atoms with Gasteiger partial charge in [-0.15, -0.1) is 0 Å². The first-order valence-corrected chi connectivity index (χ1v) is 5.49. The SMILES string of the molecule is O=C(Nc1c(F)cccc1F)c1ccc([N+](=O)[O-])cc1. The lowest BCUT2D eigenvalue weighted by Gasteiger charge is -2.07. The topological polar surface area (TPSA) is 72.2 Å². The molecule has 7 heteroatoms. The van der Waals surface area contributed by atoms with Gasteiger partial charge >= 0.3 is 0 Å². The van der Waals surface area contributed by atoms with E-state index in [1.165, 1.54) is 18.2 Å². The lowest BCUT2D eigenvalue weighted by atomic mass is 10.2. The molecule has 0 bridgehead atoms. The minimum Gasteiger partial charge on any atom is -0.317 e. The molecule has 0 saturated carbocycles. The highest BCUT2D eigenvalue weighted by molar-refractivity contribution is 6.04. The van der Waals surface area contributed by atoms with Crippen LogP contribution in [0.25, 0.3) is 0 Å². The Balaban J connectivity index is 2.22. The highest BCUT2D eigenvalue weighted by Gasteiger charge is 2.14. The van der Waals surface area contributed by atoms with Crippen molar-refractivity contribution < 1.29 is 18.5 Å². The molecule has 2 rings (SSSR count). The summed E-state index contributed by atoms with van der Waals surface area (Å²) >= 11 is 0. The van der Waals surface area contributed by atoms with Crippen LogP contribution in [0.15, 0.2) is 42.5 Å². The van der Waals surface area contributed by atoms with E-state index >= 15 is 0 Å². The van der Waals surface area contributed by atoms with Crippen LogP contribution in [0.4, 0.5) is 20.2 Å². The third-order valence-corrected chi connectivity index (χ3v) is 2.54. The van der Waals surface area contributed by atoms with Crippen LogP contribution in [0.5, 0.6) is 0 Å². The maximum Gasteiger partial charge on any atom is 0.269 e. The minimum atomic E-state index is -0.903. The molecule has 5 nitrogen and oxygen atoms in total. The van der Waals surface area contributed by atoms with E-state index in [4.69, 9.17) is 0 Å². The number of benzene rings is 2. The summed E-state index contributed by atoms with van der Waals surface area (Å²) in [7, 11) is 0. The summed E-state index contributed by atoms with van der Waals surface area (Å²) < 4.78 is 26.7. The summed E-state index contributed by atoms with van der Waals surface area (Å²) in [6.45, 7) is 0. The zero-order valence-electron chi connectivity index (χ0n) is 9.97. The maximum atomic E-state index is 13.4. The van der Waals surface area contributed by atoms with Crippen molar-refractivity contribution in [3.05, 3.63) is 69.8 Å². The van der Waals surface area contributed by atoms with Crippen LogP contribution in [0.2, 0.25) is 0 Å². The number of nitro benzene ring substituents is 1. The molecule has 1 amide bonds. The predicted molar refractivity (Wildman–Crippen MR) is 67.4 cm³/mol. The summed E-state index contributed by atoms with van der Waals surface area (Å²) in [6, 6.07) is 7.85. The number of carbonyl (C=O) groups is 1. The van der Waals surface area contributed by atoms with Crippen molar-refractivity contribution in [2.24, 2.45) is 0 Å². The van der Waals surface area contributed by atoms with Crippen molar-refractivity contribution in [3.63, 3.8) is 0 Å². The molecule has 0 aromatic heterocycles. The summed E-state index contributed by atoms with van der Waals surface area (Å²) in [6.07, 6.45) is 0. The molecule has 0 heterocycles. The number of nitrogens with one attached hydrogen (secondary N) is 1. The van der Waals surface area contributed by atoms with Crippen molar-refractivity contribution in [2.45, 2.75) is 0 Å². The van der Waals surface area contributed by atoms with E-state index in [0.717, 1.165) is 24.3 Å². The molecule has 0 aliphatic carbocycles. The van der Waals surface area contributed by atoms with Gasteiger partial charge in [0, 0.05) is 17.7 Å².